The van der Waals surface area contributed by atoms with Gasteiger partial charge in [-0.25, -0.2) is 4.98 Å². The van der Waals surface area contributed by atoms with Crippen LogP contribution in [0.25, 0.3) is 0 Å². The molecule has 2 N–H and O–H groups in total. The van der Waals surface area contributed by atoms with Gasteiger partial charge in [0.25, 0.3) is 0 Å². The van der Waals surface area contributed by atoms with E-state index in [1.165, 1.54) is 0 Å². The predicted molar refractivity (Wildman–Crippen MR) is 74.7 cm³/mol. The van der Waals surface area contributed by atoms with Gasteiger partial charge in [-0.2, -0.15) is 5.26 Å². The fraction of sp³-hybridized carbons (Fsp3) is 0.143. The van der Waals surface area contributed by atoms with Crippen molar-refractivity contribution in [3.05, 3.63) is 53.3 Å². The molecule has 0 saturated heterocycles. The highest BCUT2D eigenvalue weighted by Gasteiger charge is 2.11. The zero-order valence-electron chi connectivity index (χ0n) is 10.5. The Kier molecular flexibility index (Phi) is 3.93. The molecule has 0 amide bonds. The Balaban J connectivity index is 2.31. The molecule has 4 nitrogen and oxygen atoms in total. The number of rotatable bonds is 3. The number of nitrogen functional groups attached to an aromatic ring is 1. The number of pyridine rings is 1. The Morgan fingerprint density at radius 1 is 1.42 bits per heavy atom. The van der Waals surface area contributed by atoms with Gasteiger partial charge >= 0.3 is 0 Å². The molecule has 0 aliphatic carbocycles. The zero-order chi connectivity index (χ0) is 13.8. The highest BCUT2D eigenvalue weighted by atomic mass is 32.2. The Morgan fingerprint density at radius 3 is 2.95 bits per heavy atom. The average Bonchev–Trinajstić information content (AvgIpc) is 2.42. The van der Waals surface area contributed by atoms with Crippen LogP contribution in [-0.4, -0.2) is 9.19 Å². The molecular formula is C14H13N3OS. The first kappa shape index (κ1) is 13.2. The van der Waals surface area contributed by atoms with Crippen molar-refractivity contribution in [1.29, 1.82) is 5.26 Å². The van der Waals surface area contributed by atoms with E-state index in [1.54, 1.807) is 30.5 Å². The summed E-state index contributed by atoms with van der Waals surface area (Å²) < 4.78 is 12.4. The van der Waals surface area contributed by atoms with E-state index in [0.29, 0.717) is 21.8 Å². The second kappa shape index (κ2) is 5.63. The monoisotopic (exact) mass is 271 g/mol. The molecule has 0 radical (unpaired) electrons. The highest BCUT2D eigenvalue weighted by Crippen LogP contribution is 2.20. The van der Waals surface area contributed by atoms with Gasteiger partial charge in [0.1, 0.15) is 11.8 Å². The number of benzene rings is 1. The zero-order valence-corrected chi connectivity index (χ0v) is 11.3. The van der Waals surface area contributed by atoms with Crippen molar-refractivity contribution in [3.63, 3.8) is 0 Å². The lowest BCUT2D eigenvalue weighted by Gasteiger charge is -2.07. The number of aromatic nitrogens is 1. The third-order valence-electron chi connectivity index (χ3n) is 2.74. The van der Waals surface area contributed by atoms with Gasteiger partial charge in [-0.1, -0.05) is 12.1 Å². The van der Waals surface area contributed by atoms with E-state index in [9.17, 15) is 4.21 Å². The van der Waals surface area contributed by atoms with Crippen LogP contribution in [-0.2, 0) is 16.6 Å². The first-order chi connectivity index (χ1) is 9.11. The van der Waals surface area contributed by atoms with Crippen molar-refractivity contribution in [2.75, 3.05) is 5.73 Å². The van der Waals surface area contributed by atoms with Crippen molar-refractivity contribution in [1.82, 2.24) is 4.98 Å². The van der Waals surface area contributed by atoms with Crippen LogP contribution in [0.1, 0.15) is 16.8 Å². The Hall–Kier alpha value is -2.19. The number of nitrogens with zero attached hydrogens (tertiary/aromatic N) is 2. The molecule has 1 atom stereocenters. The van der Waals surface area contributed by atoms with Crippen LogP contribution < -0.4 is 5.73 Å². The summed E-state index contributed by atoms with van der Waals surface area (Å²) in [6, 6.07) is 10.9. The number of anilines is 1. The van der Waals surface area contributed by atoms with Crippen LogP contribution in [0.2, 0.25) is 0 Å². The van der Waals surface area contributed by atoms with Crippen molar-refractivity contribution in [3.8, 4) is 6.07 Å². The van der Waals surface area contributed by atoms with Crippen LogP contribution >= 0.6 is 0 Å². The maximum Gasteiger partial charge on any atom is 0.144 e. The molecule has 1 unspecified atom stereocenters. The van der Waals surface area contributed by atoms with E-state index < -0.39 is 10.8 Å². The number of nitriles is 1. The van der Waals surface area contributed by atoms with Gasteiger partial charge in [-0.15, -0.1) is 0 Å². The summed E-state index contributed by atoms with van der Waals surface area (Å²) in [5.41, 5.74) is 8.23. The molecule has 2 aromatic rings. The Morgan fingerprint density at radius 2 is 2.21 bits per heavy atom. The third kappa shape index (κ3) is 2.98. The molecule has 1 aromatic carbocycles. The molecule has 0 fully saturated rings. The minimum atomic E-state index is -1.24. The van der Waals surface area contributed by atoms with Gasteiger partial charge in [0.05, 0.1) is 16.6 Å². The van der Waals surface area contributed by atoms with E-state index >= 15 is 0 Å². The average molecular weight is 271 g/mol. The molecule has 0 spiro atoms. The number of hydrogen-bond acceptors (Lipinski definition) is 4. The second-order valence-corrected chi connectivity index (χ2v) is 5.56. The maximum absolute atomic E-state index is 12.4. The van der Waals surface area contributed by atoms with Gasteiger partial charge in [0, 0.05) is 22.3 Å². The number of hydrogen-bond donors (Lipinski definition) is 1. The molecule has 2 rings (SSSR count). The standard InChI is InChI=1S/C14H13N3OS/c1-10-4-5-12(16)7-14(10)19(18)9-11-3-2-6-17-13(11)8-15/h2-7H,9,16H2,1H3. The minimum absolute atomic E-state index is 0.265. The molecule has 19 heavy (non-hydrogen) atoms. The van der Waals surface area contributed by atoms with Crippen LogP contribution in [0.4, 0.5) is 5.69 Å². The smallest absolute Gasteiger partial charge is 0.144 e. The van der Waals surface area contributed by atoms with Gasteiger partial charge < -0.3 is 5.73 Å². The third-order valence-corrected chi connectivity index (χ3v) is 4.24. The number of nitrogens with two attached hydrogens (primary N) is 1. The molecule has 0 saturated carbocycles. The van der Waals surface area contributed by atoms with E-state index in [0.717, 1.165) is 5.56 Å². The summed E-state index contributed by atoms with van der Waals surface area (Å²) in [5, 5.41) is 8.97. The quantitative estimate of drug-likeness (QED) is 0.867. The number of aryl methyl sites for hydroxylation is 1. The van der Waals surface area contributed by atoms with Crippen LogP contribution in [0.15, 0.2) is 41.4 Å². The van der Waals surface area contributed by atoms with E-state index in [4.69, 9.17) is 11.0 Å². The normalized spacial score (nSPS) is 11.8. The maximum atomic E-state index is 12.4. The summed E-state index contributed by atoms with van der Waals surface area (Å²) in [6.07, 6.45) is 1.55. The van der Waals surface area contributed by atoms with E-state index in [2.05, 4.69) is 4.98 Å². The predicted octanol–water partition coefficient (Wildman–Crippen LogP) is 2.15. The van der Waals surface area contributed by atoms with Crippen LogP contribution in [0.3, 0.4) is 0 Å². The van der Waals surface area contributed by atoms with Gasteiger partial charge in [-0.05, 0) is 30.7 Å². The molecule has 0 bridgehead atoms. The second-order valence-electron chi connectivity index (χ2n) is 4.14. The van der Waals surface area contributed by atoms with Gasteiger partial charge in [-0.3, -0.25) is 4.21 Å². The van der Waals surface area contributed by atoms with Gasteiger partial charge in [0.15, 0.2) is 0 Å². The summed E-state index contributed by atoms with van der Waals surface area (Å²) in [7, 11) is -1.24. The topological polar surface area (TPSA) is 79.8 Å². The Bertz CT molecular complexity index is 677. The lowest BCUT2D eigenvalue weighted by Crippen LogP contribution is -2.02. The molecule has 5 heteroatoms. The van der Waals surface area contributed by atoms with Crippen molar-refractivity contribution in [2.45, 2.75) is 17.6 Å². The summed E-state index contributed by atoms with van der Waals surface area (Å²) in [5.74, 6) is 0.265. The lowest BCUT2D eigenvalue weighted by molar-refractivity contribution is 0.682. The largest absolute Gasteiger partial charge is 0.399 e. The summed E-state index contributed by atoms with van der Waals surface area (Å²) >= 11 is 0. The van der Waals surface area contributed by atoms with Crippen molar-refractivity contribution in [2.24, 2.45) is 0 Å². The van der Waals surface area contributed by atoms with Gasteiger partial charge in [0.2, 0.25) is 0 Å². The fourth-order valence-electron chi connectivity index (χ4n) is 1.74. The first-order valence-electron chi connectivity index (χ1n) is 5.70. The SMILES string of the molecule is Cc1ccc(N)cc1S(=O)Cc1cccnc1C#N. The molecular weight excluding hydrogens is 258 g/mol. The lowest BCUT2D eigenvalue weighted by atomic mass is 10.2. The van der Waals surface area contributed by atoms with Crippen molar-refractivity contribution >= 4 is 16.5 Å². The summed E-state index contributed by atoms with van der Waals surface area (Å²) in [6.45, 7) is 1.89. The Labute approximate surface area is 114 Å². The van der Waals surface area contributed by atoms with Crippen molar-refractivity contribution < 1.29 is 4.21 Å². The molecule has 0 aliphatic heterocycles. The first-order valence-corrected chi connectivity index (χ1v) is 7.02. The molecule has 96 valence electrons. The fourth-order valence-corrected chi connectivity index (χ4v) is 3.10. The van der Waals surface area contributed by atoms with E-state index in [-0.39, 0.29) is 5.75 Å². The minimum Gasteiger partial charge on any atom is -0.399 e. The van der Waals surface area contributed by atoms with Crippen LogP contribution in [0.5, 0.6) is 0 Å². The summed E-state index contributed by atoms with van der Waals surface area (Å²) in [4.78, 5) is 4.67. The van der Waals surface area contributed by atoms with Crippen LogP contribution in [0, 0.1) is 18.3 Å². The molecule has 1 heterocycles. The van der Waals surface area contributed by atoms with E-state index in [1.807, 2.05) is 19.1 Å². The molecule has 0 aliphatic rings. The molecule has 1 aromatic heterocycles. The highest BCUT2D eigenvalue weighted by molar-refractivity contribution is 7.84.